The summed E-state index contributed by atoms with van der Waals surface area (Å²) in [4.78, 5) is 0. The fourth-order valence-electron chi connectivity index (χ4n) is 5.74. The first-order chi connectivity index (χ1) is 15.9. The van der Waals surface area contributed by atoms with Gasteiger partial charge in [0.15, 0.2) is 0 Å². The van der Waals surface area contributed by atoms with Crippen molar-refractivity contribution in [2.45, 2.75) is 77.6 Å². The normalized spacial score (nSPS) is 12.0. The van der Waals surface area contributed by atoms with Gasteiger partial charge in [0, 0.05) is 0 Å². The number of unbranched alkanes of at least 4 members (excludes halogenated alkanes) is 9. The van der Waals surface area contributed by atoms with Crippen molar-refractivity contribution in [3.63, 3.8) is 0 Å². The van der Waals surface area contributed by atoms with Gasteiger partial charge in [0.25, 0.3) is 0 Å². The first-order valence-electron chi connectivity index (χ1n) is 13.0. The van der Waals surface area contributed by atoms with Crippen LogP contribution < -0.4 is 0 Å². The van der Waals surface area contributed by atoms with Crippen LogP contribution in [0.2, 0.25) is 0 Å². The van der Waals surface area contributed by atoms with Gasteiger partial charge in [-0.2, -0.15) is 0 Å². The fraction of sp³-hybridized carbons (Fsp3) is 0.375. The Labute approximate surface area is 193 Å². The standard InChI is InChI=1S/C32H36/c1-2-3-4-5-6-7-8-9-10-11-15-25-22-23-26-18-13-20-28-27-19-12-16-24-17-14-21-29(30(24)27)32(25)31(26)28/h12-14,16-23H,2-11,15H2,1H3. The monoisotopic (exact) mass is 420 g/mol. The van der Waals surface area contributed by atoms with E-state index in [0.717, 1.165) is 0 Å². The summed E-state index contributed by atoms with van der Waals surface area (Å²) >= 11 is 0. The number of fused-ring (bicyclic) bond motifs is 2. The van der Waals surface area contributed by atoms with Gasteiger partial charge < -0.3 is 0 Å². The van der Waals surface area contributed by atoms with Crippen molar-refractivity contribution in [2.24, 2.45) is 0 Å². The quantitative estimate of drug-likeness (QED) is 0.113. The Morgan fingerprint density at radius 2 is 0.969 bits per heavy atom. The van der Waals surface area contributed by atoms with Crippen molar-refractivity contribution in [2.75, 3.05) is 0 Å². The predicted molar refractivity (Wildman–Crippen MR) is 143 cm³/mol. The van der Waals surface area contributed by atoms with Gasteiger partial charge in [0.05, 0.1) is 0 Å². The van der Waals surface area contributed by atoms with Gasteiger partial charge in [0.1, 0.15) is 0 Å². The molecule has 0 aliphatic carbocycles. The molecular formula is C32H36. The molecule has 0 spiro atoms. The van der Waals surface area contributed by atoms with E-state index in [4.69, 9.17) is 0 Å². The molecule has 0 nitrogen and oxygen atoms in total. The van der Waals surface area contributed by atoms with E-state index in [9.17, 15) is 0 Å². The third kappa shape index (κ3) is 4.08. The van der Waals surface area contributed by atoms with Crippen molar-refractivity contribution < 1.29 is 0 Å². The van der Waals surface area contributed by atoms with Crippen LogP contribution in [0.3, 0.4) is 0 Å². The van der Waals surface area contributed by atoms with Crippen LogP contribution in [0.1, 0.15) is 76.7 Å². The highest BCUT2D eigenvalue weighted by atomic mass is 14.2. The minimum atomic E-state index is 1.19. The highest BCUT2D eigenvalue weighted by molar-refractivity contribution is 6.33. The van der Waals surface area contributed by atoms with Crippen LogP contribution in [0.4, 0.5) is 0 Å². The Hall–Kier alpha value is -2.60. The molecule has 0 saturated carbocycles. The minimum Gasteiger partial charge on any atom is -0.0654 e. The maximum atomic E-state index is 2.40. The second-order valence-corrected chi connectivity index (χ2v) is 9.64. The average molecular weight is 421 g/mol. The Morgan fingerprint density at radius 1 is 0.438 bits per heavy atom. The van der Waals surface area contributed by atoms with Crippen LogP contribution in [0, 0.1) is 0 Å². The summed E-state index contributed by atoms with van der Waals surface area (Å²) in [5.74, 6) is 0. The van der Waals surface area contributed by atoms with Crippen LogP contribution in [-0.4, -0.2) is 0 Å². The maximum Gasteiger partial charge on any atom is -0.00236 e. The molecule has 0 heteroatoms. The smallest absolute Gasteiger partial charge is 0.00236 e. The van der Waals surface area contributed by atoms with Crippen molar-refractivity contribution in [3.05, 3.63) is 72.3 Å². The van der Waals surface area contributed by atoms with Gasteiger partial charge in [0.2, 0.25) is 0 Å². The van der Waals surface area contributed by atoms with Gasteiger partial charge in [-0.25, -0.2) is 0 Å². The number of hydrogen-bond donors (Lipinski definition) is 0. The molecule has 5 rings (SSSR count). The Balaban J connectivity index is 1.37. The third-order valence-corrected chi connectivity index (χ3v) is 7.40. The summed E-state index contributed by atoms with van der Waals surface area (Å²) < 4.78 is 0. The summed E-state index contributed by atoms with van der Waals surface area (Å²) in [5.41, 5.74) is 1.53. The average Bonchev–Trinajstić information content (AvgIpc) is 2.83. The zero-order valence-corrected chi connectivity index (χ0v) is 19.6. The lowest BCUT2D eigenvalue weighted by atomic mass is 9.86. The summed E-state index contributed by atoms with van der Waals surface area (Å²) in [6, 6.07) is 25.2. The molecule has 0 N–H and O–H groups in total. The molecule has 0 unspecified atom stereocenters. The SMILES string of the molecule is CCCCCCCCCCCCc1ccc2cccc3c4cccc5cccc(c1c23)c54. The lowest BCUT2D eigenvalue weighted by Gasteiger charge is -2.17. The molecule has 0 bridgehead atoms. The van der Waals surface area contributed by atoms with Crippen molar-refractivity contribution in [1.82, 2.24) is 0 Å². The molecule has 0 saturated heterocycles. The topological polar surface area (TPSA) is 0 Å². The van der Waals surface area contributed by atoms with Gasteiger partial charge in [-0.3, -0.25) is 0 Å². The molecule has 0 fully saturated rings. The van der Waals surface area contributed by atoms with Gasteiger partial charge >= 0.3 is 0 Å². The largest absolute Gasteiger partial charge is 0.0654 e. The Morgan fingerprint density at radius 3 is 1.62 bits per heavy atom. The molecule has 0 heterocycles. The van der Waals surface area contributed by atoms with Crippen LogP contribution in [0.15, 0.2) is 66.7 Å². The second kappa shape index (κ2) is 9.90. The molecule has 5 aromatic carbocycles. The van der Waals surface area contributed by atoms with Crippen LogP contribution in [-0.2, 0) is 6.42 Å². The van der Waals surface area contributed by atoms with Gasteiger partial charge in [-0.1, -0.05) is 131 Å². The number of rotatable bonds is 11. The van der Waals surface area contributed by atoms with Crippen molar-refractivity contribution >= 4 is 43.1 Å². The van der Waals surface area contributed by atoms with E-state index >= 15 is 0 Å². The van der Waals surface area contributed by atoms with E-state index in [1.165, 1.54) is 119 Å². The number of aryl methyl sites for hydroxylation is 1. The lowest BCUT2D eigenvalue weighted by Crippen LogP contribution is -1.93. The zero-order chi connectivity index (χ0) is 21.8. The molecular weight excluding hydrogens is 384 g/mol. The van der Waals surface area contributed by atoms with Gasteiger partial charge in [-0.15, -0.1) is 0 Å². The van der Waals surface area contributed by atoms with Crippen molar-refractivity contribution in [3.8, 4) is 0 Å². The summed E-state index contributed by atoms with van der Waals surface area (Å²) in [7, 11) is 0. The van der Waals surface area contributed by atoms with Crippen LogP contribution in [0.25, 0.3) is 43.1 Å². The van der Waals surface area contributed by atoms with Crippen LogP contribution in [0.5, 0.6) is 0 Å². The molecule has 5 aromatic rings. The first-order valence-corrected chi connectivity index (χ1v) is 13.0. The highest BCUT2D eigenvalue weighted by Gasteiger charge is 2.14. The molecule has 0 aliphatic heterocycles. The molecule has 0 atom stereocenters. The first kappa shape index (κ1) is 21.3. The van der Waals surface area contributed by atoms with Gasteiger partial charge in [-0.05, 0) is 61.5 Å². The predicted octanol–water partition coefficient (Wildman–Crippen LogP) is 10.2. The highest BCUT2D eigenvalue weighted by Crippen LogP contribution is 2.41. The third-order valence-electron chi connectivity index (χ3n) is 7.40. The zero-order valence-electron chi connectivity index (χ0n) is 19.6. The Bertz CT molecular complexity index is 1300. The molecule has 32 heavy (non-hydrogen) atoms. The lowest BCUT2D eigenvalue weighted by molar-refractivity contribution is 0.556. The van der Waals surface area contributed by atoms with E-state index in [0.29, 0.717) is 0 Å². The summed E-state index contributed by atoms with van der Waals surface area (Å²) in [5, 5.41) is 11.4. The molecule has 164 valence electrons. The summed E-state index contributed by atoms with van der Waals surface area (Å²) in [6.45, 7) is 2.30. The molecule has 0 aromatic heterocycles. The maximum absolute atomic E-state index is 2.40. The van der Waals surface area contributed by atoms with E-state index in [1.807, 2.05) is 0 Å². The van der Waals surface area contributed by atoms with Crippen LogP contribution >= 0.6 is 0 Å². The fourth-order valence-corrected chi connectivity index (χ4v) is 5.74. The minimum absolute atomic E-state index is 1.19. The molecule has 0 aliphatic rings. The second-order valence-electron chi connectivity index (χ2n) is 9.64. The van der Waals surface area contributed by atoms with Crippen molar-refractivity contribution in [1.29, 1.82) is 0 Å². The van der Waals surface area contributed by atoms with E-state index in [1.54, 1.807) is 0 Å². The number of hydrogen-bond acceptors (Lipinski definition) is 0. The number of benzene rings is 5. The van der Waals surface area contributed by atoms with E-state index in [2.05, 4.69) is 73.7 Å². The summed E-state index contributed by atoms with van der Waals surface area (Å²) in [6.07, 6.45) is 15.1. The van der Waals surface area contributed by atoms with E-state index < -0.39 is 0 Å². The molecule has 0 radical (unpaired) electrons. The van der Waals surface area contributed by atoms with E-state index in [-0.39, 0.29) is 0 Å². The Kier molecular flexibility index (Phi) is 6.58. The molecule has 0 amide bonds.